The van der Waals surface area contributed by atoms with Crippen LogP contribution in [0, 0.1) is 0 Å². The van der Waals surface area contributed by atoms with E-state index in [1.54, 1.807) is 17.0 Å². The lowest BCUT2D eigenvalue weighted by Gasteiger charge is -2.35. The second-order valence-electron chi connectivity index (χ2n) is 6.31. The van der Waals surface area contributed by atoms with Crippen molar-refractivity contribution in [3.63, 3.8) is 0 Å². The van der Waals surface area contributed by atoms with E-state index in [0.29, 0.717) is 15.6 Å². The number of ether oxygens (including phenoxy) is 1. The number of esters is 1. The summed E-state index contributed by atoms with van der Waals surface area (Å²) in [5.41, 5.74) is -0.0827. The average Bonchev–Trinajstić information content (AvgIpc) is 3.01. The third-order valence-electron chi connectivity index (χ3n) is 3.46. The Morgan fingerprint density at radius 3 is 2.48 bits per heavy atom. The van der Waals surface area contributed by atoms with Crippen LogP contribution in [0.15, 0.2) is 28.9 Å². The number of amides is 1. The van der Waals surface area contributed by atoms with E-state index in [0.717, 1.165) is 0 Å². The number of carbonyl (C=O) groups excluding carboxylic acids is 2. The van der Waals surface area contributed by atoms with E-state index in [2.05, 4.69) is 9.72 Å². The maximum absolute atomic E-state index is 12.9. The van der Waals surface area contributed by atoms with Gasteiger partial charge in [0, 0.05) is 11.1 Å². The van der Waals surface area contributed by atoms with Crippen LogP contribution in [0.5, 0.6) is 0 Å². The number of methoxy groups -OCH3 is 1. The molecule has 0 aliphatic carbocycles. The molecule has 1 amide bonds. The SMILES string of the molecule is COC(=O)c1coc(CN(C(=O)c2ccc(Cl)c(Cl)c2)C(C)(C)C)n1. The van der Waals surface area contributed by atoms with E-state index in [1.807, 2.05) is 20.8 Å². The average molecular weight is 385 g/mol. The Bertz CT molecular complexity index is 796. The summed E-state index contributed by atoms with van der Waals surface area (Å²) in [6.07, 6.45) is 1.20. The standard InChI is InChI=1S/C17H18Cl2N2O4/c1-17(2,3)21(8-14-20-13(9-25-14)16(23)24-4)15(22)10-5-6-11(18)12(19)7-10/h5-7,9H,8H2,1-4H3. The summed E-state index contributed by atoms with van der Waals surface area (Å²) in [7, 11) is 1.26. The zero-order valence-corrected chi connectivity index (χ0v) is 15.8. The lowest BCUT2D eigenvalue weighted by molar-refractivity contribution is 0.0532. The van der Waals surface area contributed by atoms with Gasteiger partial charge in [0.1, 0.15) is 6.26 Å². The summed E-state index contributed by atoms with van der Waals surface area (Å²) in [6.45, 7) is 5.73. The van der Waals surface area contributed by atoms with Gasteiger partial charge < -0.3 is 14.1 Å². The molecule has 0 radical (unpaired) electrons. The molecule has 0 spiro atoms. The number of rotatable bonds is 4. The monoisotopic (exact) mass is 384 g/mol. The summed E-state index contributed by atoms with van der Waals surface area (Å²) in [5, 5.41) is 0.668. The van der Waals surface area contributed by atoms with Crippen LogP contribution in [0.4, 0.5) is 0 Å². The molecule has 25 heavy (non-hydrogen) atoms. The Labute approximate surface area is 155 Å². The van der Waals surface area contributed by atoms with Gasteiger partial charge in [0.2, 0.25) is 5.89 Å². The van der Waals surface area contributed by atoms with Gasteiger partial charge in [-0.3, -0.25) is 4.79 Å². The Kier molecular flexibility index (Phi) is 5.75. The lowest BCUT2D eigenvalue weighted by atomic mass is 10.0. The first kappa shape index (κ1) is 19.3. The molecule has 0 saturated carbocycles. The van der Waals surface area contributed by atoms with Gasteiger partial charge in [-0.1, -0.05) is 23.2 Å². The second kappa shape index (κ2) is 7.45. The molecule has 6 nitrogen and oxygen atoms in total. The highest BCUT2D eigenvalue weighted by molar-refractivity contribution is 6.42. The van der Waals surface area contributed by atoms with Gasteiger partial charge in [0.15, 0.2) is 5.69 Å². The van der Waals surface area contributed by atoms with Crippen LogP contribution in [0.2, 0.25) is 10.0 Å². The van der Waals surface area contributed by atoms with E-state index in [4.69, 9.17) is 27.6 Å². The van der Waals surface area contributed by atoms with Crippen LogP contribution in [0.1, 0.15) is 47.5 Å². The van der Waals surface area contributed by atoms with Crippen molar-refractivity contribution in [1.29, 1.82) is 0 Å². The fourth-order valence-corrected chi connectivity index (χ4v) is 2.41. The molecule has 0 saturated heterocycles. The number of aromatic nitrogens is 1. The number of halogens is 2. The summed E-state index contributed by atoms with van der Waals surface area (Å²) in [6, 6.07) is 4.68. The smallest absolute Gasteiger partial charge is 0.360 e. The van der Waals surface area contributed by atoms with Crippen LogP contribution >= 0.6 is 23.2 Å². The van der Waals surface area contributed by atoms with Crippen molar-refractivity contribution in [1.82, 2.24) is 9.88 Å². The molecule has 0 N–H and O–H groups in total. The predicted octanol–water partition coefficient (Wildman–Crippen LogP) is 4.21. The quantitative estimate of drug-likeness (QED) is 0.738. The molecular formula is C17H18Cl2N2O4. The van der Waals surface area contributed by atoms with Gasteiger partial charge in [0.25, 0.3) is 5.91 Å². The van der Waals surface area contributed by atoms with Crippen LogP contribution < -0.4 is 0 Å². The van der Waals surface area contributed by atoms with Gasteiger partial charge >= 0.3 is 5.97 Å². The first-order chi connectivity index (χ1) is 11.6. The highest BCUT2D eigenvalue weighted by Crippen LogP contribution is 2.26. The fourth-order valence-electron chi connectivity index (χ4n) is 2.12. The Morgan fingerprint density at radius 2 is 1.92 bits per heavy atom. The number of oxazole rings is 1. The molecule has 2 aromatic rings. The van der Waals surface area contributed by atoms with Crippen molar-refractivity contribution in [2.75, 3.05) is 7.11 Å². The van der Waals surface area contributed by atoms with Crippen molar-refractivity contribution < 1.29 is 18.7 Å². The summed E-state index contributed by atoms with van der Waals surface area (Å²) in [5.74, 6) is -0.638. The van der Waals surface area contributed by atoms with E-state index in [-0.39, 0.29) is 24.0 Å². The predicted molar refractivity (Wildman–Crippen MR) is 93.9 cm³/mol. The van der Waals surface area contributed by atoms with Crippen molar-refractivity contribution in [3.8, 4) is 0 Å². The first-order valence-corrected chi connectivity index (χ1v) is 8.19. The van der Waals surface area contributed by atoms with Crippen molar-refractivity contribution in [2.45, 2.75) is 32.9 Å². The maximum atomic E-state index is 12.9. The summed E-state index contributed by atoms with van der Waals surface area (Å²) in [4.78, 5) is 30.0. The van der Waals surface area contributed by atoms with Crippen LogP contribution in [-0.4, -0.2) is 34.4 Å². The highest BCUT2D eigenvalue weighted by Gasteiger charge is 2.29. The first-order valence-electron chi connectivity index (χ1n) is 7.43. The molecule has 1 heterocycles. The Hall–Kier alpha value is -2.05. The number of carbonyl (C=O) groups is 2. The molecule has 1 aromatic carbocycles. The van der Waals surface area contributed by atoms with E-state index in [9.17, 15) is 9.59 Å². The molecule has 0 bridgehead atoms. The van der Waals surface area contributed by atoms with Crippen LogP contribution in [0.25, 0.3) is 0 Å². The zero-order valence-electron chi connectivity index (χ0n) is 14.3. The second-order valence-corrected chi connectivity index (χ2v) is 7.12. The lowest BCUT2D eigenvalue weighted by Crippen LogP contribution is -2.45. The topological polar surface area (TPSA) is 72.6 Å². The third kappa shape index (κ3) is 4.52. The molecular weight excluding hydrogens is 367 g/mol. The zero-order chi connectivity index (χ0) is 18.8. The fraction of sp³-hybridized carbons (Fsp3) is 0.353. The number of hydrogen-bond acceptors (Lipinski definition) is 5. The molecule has 0 aliphatic heterocycles. The molecule has 0 fully saturated rings. The third-order valence-corrected chi connectivity index (χ3v) is 4.20. The maximum Gasteiger partial charge on any atom is 0.360 e. The van der Waals surface area contributed by atoms with Crippen LogP contribution in [-0.2, 0) is 11.3 Å². The minimum atomic E-state index is -0.604. The molecule has 0 unspecified atom stereocenters. The van der Waals surface area contributed by atoms with Crippen molar-refractivity contribution in [3.05, 3.63) is 51.7 Å². The normalized spacial score (nSPS) is 11.3. The van der Waals surface area contributed by atoms with Gasteiger partial charge in [-0.05, 0) is 39.0 Å². The van der Waals surface area contributed by atoms with Crippen molar-refractivity contribution in [2.24, 2.45) is 0 Å². The Morgan fingerprint density at radius 1 is 1.24 bits per heavy atom. The Balaban J connectivity index is 2.30. The number of benzene rings is 1. The number of hydrogen-bond donors (Lipinski definition) is 0. The molecule has 1 aromatic heterocycles. The van der Waals surface area contributed by atoms with Gasteiger partial charge in [-0.25, -0.2) is 9.78 Å². The van der Waals surface area contributed by atoms with Gasteiger partial charge in [-0.2, -0.15) is 0 Å². The molecule has 134 valence electrons. The van der Waals surface area contributed by atoms with Gasteiger partial charge in [0.05, 0.1) is 23.7 Å². The summed E-state index contributed by atoms with van der Waals surface area (Å²) >= 11 is 11.9. The summed E-state index contributed by atoms with van der Waals surface area (Å²) < 4.78 is 9.88. The van der Waals surface area contributed by atoms with Crippen LogP contribution in [0.3, 0.4) is 0 Å². The van der Waals surface area contributed by atoms with E-state index in [1.165, 1.54) is 19.4 Å². The minimum Gasteiger partial charge on any atom is -0.464 e. The number of nitrogens with zero attached hydrogens (tertiary/aromatic N) is 2. The molecule has 0 aliphatic rings. The molecule has 0 atom stereocenters. The largest absolute Gasteiger partial charge is 0.464 e. The van der Waals surface area contributed by atoms with E-state index < -0.39 is 11.5 Å². The minimum absolute atomic E-state index is 0.0494. The van der Waals surface area contributed by atoms with Gasteiger partial charge in [-0.15, -0.1) is 0 Å². The van der Waals surface area contributed by atoms with Crippen molar-refractivity contribution >= 4 is 35.1 Å². The van der Waals surface area contributed by atoms with E-state index >= 15 is 0 Å². The molecule has 2 rings (SSSR count). The molecule has 8 heteroatoms. The highest BCUT2D eigenvalue weighted by atomic mass is 35.5.